The Bertz CT molecular complexity index is 616. The molecule has 2 aromatic rings. The van der Waals surface area contributed by atoms with Crippen LogP contribution in [0.2, 0.25) is 0 Å². The minimum Gasteiger partial charge on any atom is -0.343 e. The molecule has 4 heteroatoms. The zero-order valence-corrected chi connectivity index (χ0v) is 12.8. The molecular formula is C17H18O3S. The van der Waals surface area contributed by atoms with Crippen molar-refractivity contribution in [2.24, 2.45) is 0 Å². The van der Waals surface area contributed by atoms with Gasteiger partial charge < -0.3 is 9.47 Å². The monoisotopic (exact) mass is 302 g/mol. The summed E-state index contributed by atoms with van der Waals surface area (Å²) in [5, 5.41) is 0. The van der Waals surface area contributed by atoms with Gasteiger partial charge in [-0.15, -0.1) is 0 Å². The van der Waals surface area contributed by atoms with Crippen LogP contribution >= 0.6 is 0 Å². The van der Waals surface area contributed by atoms with Crippen LogP contribution in [-0.4, -0.2) is 23.7 Å². The zero-order chi connectivity index (χ0) is 14.7. The maximum atomic E-state index is 11.5. The van der Waals surface area contributed by atoms with Crippen molar-refractivity contribution in [3.63, 3.8) is 0 Å². The van der Waals surface area contributed by atoms with Gasteiger partial charge >= 0.3 is 0 Å². The summed E-state index contributed by atoms with van der Waals surface area (Å²) in [6.45, 7) is 1.18. The number of hydrogen-bond donors (Lipinski definition) is 0. The van der Waals surface area contributed by atoms with E-state index in [-0.39, 0.29) is 0 Å². The molecule has 0 saturated carbocycles. The summed E-state index contributed by atoms with van der Waals surface area (Å²) >= 11 is 0. The molecule has 1 aliphatic heterocycles. The largest absolute Gasteiger partial charge is 0.343 e. The average molecular weight is 302 g/mol. The summed E-state index contributed by atoms with van der Waals surface area (Å²) in [6.07, 6.45) is 2.35. The first-order valence-electron chi connectivity index (χ1n) is 6.95. The summed E-state index contributed by atoms with van der Waals surface area (Å²) in [6, 6.07) is 17.8. The first-order valence-corrected chi connectivity index (χ1v) is 8.51. The molecule has 0 aliphatic carbocycles. The quantitative estimate of drug-likeness (QED) is 0.871. The van der Waals surface area contributed by atoms with Gasteiger partial charge in [0.2, 0.25) is 0 Å². The first-order chi connectivity index (χ1) is 10.2. The highest BCUT2D eigenvalue weighted by molar-refractivity contribution is 7.84. The molecule has 1 fully saturated rings. The van der Waals surface area contributed by atoms with Gasteiger partial charge in [-0.1, -0.05) is 42.5 Å². The van der Waals surface area contributed by atoms with Crippen molar-refractivity contribution in [1.82, 2.24) is 0 Å². The minimum absolute atomic E-state index is 0.592. The maximum Gasteiger partial charge on any atom is 0.199 e. The molecule has 0 amide bonds. The van der Waals surface area contributed by atoms with Gasteiger partial charge in [0.1, 0.15) is 0 Å². The van der Waals surface area contributed by atoms with E-state index in [4.69, 9.17) is 9.47 Å². The Morgan fingerprint density at radius 3 is 2.19 bits per heavy atom. The van der Waals surface area contributed by atoms with Gasteiger partial charge in [-0.2, -0.15) is 0 Å². The lowest BCUT2D eigenvalue weighted by Crippen LogP contribution is -2.30. The summed E-state index contributed by atoms with van der Waals surface area (Å²) in [4.78, 5) is 0.812. The predicted molar refractivity (Wildman–Crippen MR) is 82.5 cm³/mol. The van der Waals surface area contributed by atoms with Crippen LogP contribution in [0.1, 0.15) is 11.1 Å². The summed E-state index contributed by atoms with van der Waals surface area (Å²) < 4.78 is 23.4. The number of rotatable bonds is 4. The Balaban J connectivity index is 1.91. The van der Waals surface area contributed by atoms with Crippen LogP contribution in [0.5, 0.6) is 0 Å². The van der Waals surface area contributed by atoms with Crippen LogP contribution in [0.4, 0.5) is 0 Å². The third-order valence-electron chi connectivity index (χ3n) is 3.66. The molecular weight excluding hydrogens is 284 g/mol. The van der Waals surface area contributed by atoms with Crippen molar-refractivity contribution in [2.45, 2.75) is 17.1 Å². The smallest absolute Gasteiger partial charge is 0.199 e. The normalized spacial score (nSPS) is 18.5. The van der Waals surface area contributed by atoms with Gasteiger partial charge in [-0.25, -0.2) is 0 Å². The standard InChI is InChI=1S/C17H18O3S/c1-21(18)16-9-7-15(8-10-16)17(19-11-12-20-17)13-14-5-3-2-4-6-14/h2-10H,11-13H2,1H3. The second kappa shape index (κ2) is 6.10. The molecule has 0 spiro atoms. The molecule has 1 saturated heterocycles. The molecule has 0 N–H and O–H groups in total. The highest BCUT2D eigenvalue weighted by atomic mass is 32.2. The van der Waals surface area contributed by atoms with Crippen LogP contribution < -0.4 is 0 Å². The maximum absolute atomic E-state index is 11.5. The van der Waals surface area contributed by atoms with Gasteiger partial charge in [-0.05, 0) is 17.7 Å². The fraction of sp³-hybridized carbons (Fsp3) is 0.294. The van der Waals surface area contributed by atoms with E-state index in [0.29, 0.717) is 19.6 Å². The van der Waals surface area contributed by atoms with Crippen LogP contribution in [0.25, 0.3) is 0 Å². The highest BCUT2D eigenvalue weighted by Gasteiger charge is 2.38. The van der Waals surface area contributed by atoms with E-state index in [1.807, 2.05) is 42.5 Å². The molecule has 0 bridgehead atoms. The van der Waals surface area contributed by atoms with Gasteiger partial charge in [0.05, 0.1) is 13.2 Å². The van der Waals surface area contributed by atoms with E-state index in [2.05, 4.69) is 12.1 Å². The summed E-state index contributed by atoms with van der Waals surface area (Å²) in [5.41, 5.74) is 2.14. The van der Waals surface area contributed by atoms with Gasteiger partial charge in [0.25, 0.3) is 0 Å². The van der Waals surface area contributed by atoms with Gasteiger partial charge in [-0.3, -0.25) is 4.21 Å². The lowest BCUT2D eigenvalue weighted by Gasteiger charge is -2.28. The summed E-state index contributed by atoms with van der Waals surface area (Å²) in [7, 11) is -0.972. The van der Waals surface area contributed by atoms with Crippen molar-refractivity contribution in [2.75, 3.05) is 19.5 Å². The third kappa shape index (κ3) is 3.07. The summed E-state index contributed by atoms with van der Waals surface area (Å²) in [5.74, 6) is -0.727. The molecule has 3 nitrogen and oxygen atoms in total. The fourth-order valence-corrected chi connectivity index (χ4v) is 3.11. The van der Waals surface area contributed by atoms with Crippen LogP contribution in [0, 0.1) is 0 Å². The predicted octanol–water partition coefficient (Wildman–Crippen LogP) is 2.87. The van der Waals surface area contributed by atoms with Gasteiger partial charge in [0, 0.05) is 33.9 Å². The Kier molecular flexibility index (Phi) is 4.19. The lowest BCUT2D eigenvalue weighted by molar-refractivity contribution is -0.164. The number of ether oxygens (including phenoxy) is 2. The van der Waals surface area contributed by atoms with Crippen LogP contribution in [0.3, 0.4) is 0 Å². The van der Waals surface area contributed by atoms with Crippen molar-refractivity contribution >= 4 is 10.8 Å². The SMILES string of the molecule is CS(=O)c1ccc(C2(Cc3ccccc3)OCCO2)cc1. The molecule has 21 heavy (non-hydrogen) atoms. The van der Waals surface area contributed by atoms with E-state index in [1.165, 1.54) is 5.56 Å². The van der Waals surface area contributed by atoms with E-state index < -0.39 is 16.6 Å². The molecule has 110 valence electrons. The zero-order valence-electron chi connectivity index (χ0n) is 12.0. The van der Waals surface area contributed by atoms with E-state index in [0.717, 1.165) is 10.5 Å². The lowest BCUT2D eigenvalue weighted by atomic mass is 9.97. The topological polar surface area (TPSA) is 35.5 Å². The van der Waals surface area contributed by atoms with Crippen LogP contribution in [-0.2, 0) is 32.5 Å². The second-order valence-electron chi connectivity index (χ2n) is 5.09. The number of hydrogen-bond acceptors (Lipinski definition) is 3. The van der Waals surface area contributed by atoms with Crippen molar-refractivity contribution in [3.8, 4) is 0 Å². The van der Waals surface area contributed by atoms with Crippen LogP contribution in [0.15, 0.2) is 59.5 Å². The highest BCUT2D eigenvalue weighted by Crippen LogP contribution is 2.35. The Hall–Kier alpha value is -1.49. The molecule has 0 aromatic heterocycles. The molecule has 1 atom stereocenters. The Labute approximate surface area is 127 Å². The fourth-order valence-electron chi connectivity index (χ4n) is 2.59. The van der Waals surface area contributed by atoms with E-state index in [9.17, 15) is 4.21 Å². The third-order valence-corrected chi connectivity index (χ3v) is 4.60. The number of benzene rings is 2. The molecule has 3 rings (SSSR count). The molecule has 1 unspecified atom stereocenters. The molecule has 2 aromatic carbocycles. The Morgan fingerprint density at radius 2 is 1.62 bits per heavy atom. The Morgan fingerprint density at radius 1 is 1.00 bits per heavy atom. The van der Waals surface area contributed by atoms with Crippen molar-refractivity contribution in [1.29, 1.82) is 0 Å². The molecule has 1 heterocycles. The molecule has 0 radical (unpaired) electrons. The average Bonchev–Trinajstić information content (AvgIpc) is 2.98. The van der Waals surface area contributed by atoms with E-state index in [1.54, 1.807) is 6.26 Å². The van der Waals surface area contributed by atoms with Crippen molar-refractivity contribution < 1.29 is 13.7 Å². The molecule has 1 aliphatic rings. The van der Waals surface area contributed by atoms with Gasteiger partial charge in [0.15, 0.2) is 5.79 Å². The first kappa shape index (κ1) is 14.4. The van der Waals surface area contributed by atoms with E-state index >= 15 is 0 Å². The second-order valence-corrected chi connectivity index (χ2v) is 6.47. The van der Waals surface area contributed by atoms with Crippen molar-refractivity contribution in [3.05, 3.63) is 65.7 Å². The minimum atomic E-state index is -0.972.